The fraction of sp³-hybridized carbons (Fsp3) is 0.818. The minimum atomic E-state index is -0.185. The minimum absolute atomic E-state index is 0.0173. The van der Waals surface area contributed by atoms with E-state index in [1.807, 2.05) is 13.8 Å². The van der Waals surface area contributed by atoms with Crippen LogP contribution in [0.4, 0.5) is 0 Å². The molecule has 0 bridgehead atoms. The standard InChI is InChI=1S/C11H22N2O4/c1-4-12-10(14)8-13(5-2)11(15)9-17-7-6-16-3/h4-9H2,1-3H3,(H,12,14). The fourth-order valence-corrected chi connectivity index (χ4v) is 1.20. The topological polar surface area (TPSA) is 67.9 Å². The lowest BCUT2D eigenvalue weighted by molar-refractivity contribution is -0.140. The van der Waals surface area contributed by atoms with E-state index in [4.69, 9.17) is 9.47 Å². The van der Waals surface area contributed by atoms with Crippen molar-refractivity contribution < 1.29 is 19.1 Å². The number of nitrogens with one attached hydrogen (secondary N) is 1. The van der Waals surface area contributed by atoms with Crippen molar-refractivity contribution in [3.63, 3.8) is 0 Å². The lowest BCUT2D eigenvalue weighted by atomic mass is 10.4. The van der Waals surface area contributed by atoms with E-state index >= 15 is 0 Å². The monoisotopic (exact) mass is 246 g/mol. The molecule has 0 aromatic heterocycles. The van der Waals surface area contributed by atoms with Crippen LogP contribution in [-0.2, 0) is 19.1 Å². The molecule has 0 saturated carbocycles. The lowest BCUT2D eigenvalue weighted by Crippen LogP contribution is -2.42. The molecule has 0 unspecified atom stereocenters. The van der Waals surface area contributed by atoms with Crippen LogP contribution in [0, 0.1) is 0 Å². The second-order valence-corrected chi connectivity index (χ2v) is 3.41. The molecule has 6 heteroatoms. The smallest absolute Gasteiger partial charge is 0.249 e. The van der Waals surface area contributed by atoms with Gasteiger partial charge in [0.05, 0.1) is 19.8 Å². The fourth-order valence-electron chi connectivity index (χ4n) is 1.20. The average molecular weight is 246 g/mol. The molecule has 2 amide bonds. The minimum Gasteiger partial charge on any atom is -0.382 e. The predicted molar refractivity (Wildman–Crippen MR) is 63.6 cm³/mol. The van der Waals surface area contributed by atoms with Crippen LogP contribution in [0.1, 0.15) is 13.8 Å². The van der Waals surface area contributed by atoms with Gasteiger partial charge in [-0.05, 0) is 13.8 Å². The Morgan fingerprint density at radius 2 is 1.94 bits per heavy atom. The van der Waals surface area contributed by atoms with Crippen LogP contribution in [0.3, 0.4) is 0 Å². The summed E-state index contributed by atoms with van der Waals surface area (Å²) in [4.78, 5) is 24.4. The van der Waals surface area contributed by atoms with Gasteiger partial charge in [0.1, 0.15) is 6.61 Å². The van der Waals surface area contributed by atoms with E-state index < -0.39 is 0 Å². The van der Waals surface area contributed by atoms with Gasteiger partial charge in [0.25, 0.3) is 0 Å². The summed E-state index contributed by atoms with van der Waals surface area (Å²) in [7, 11) is 1.57. The van der Waals surface area contributed by atoms with Crippen molar-refractivity contribution in [3.05, 3.63) is 0 Å². The highest BCUT2D eigenvalue weighted by Gasteiger charge is 2.14. The number of nitrogens with zero attached hydrogens (tertiary/aromatic N) is 1. The number of likely N-dealkylation sites (N-methyl/N-ethyl adjacent to an activating group) is 2. The third-order valence-electron chi connectivity index (χ3n) is 2.10. The van der Waals surface area contributed by atoms with Crippen molar-refractivity contribution in [2.24, 2.45) is 0 Å². The number of methoxy groups -OCH3 is 1. The Hall–Kier alpha value is -1.14. The molecule has 0 aromatic rings. The number of amides is 2. The van der Waals surface area contributed by atoms with Gasteiger partial charge in [-0.1, -0.05) is 0 Å². The first kappa shape index (κ1) is 15.9. The summed E-state index contributed by atoms with van der Waals surface area (Å²) >= 11 is 0. The highest BCUT2D eigenvalue weighted by atomic mass is 16.5. The molecule has 0 heterocycles. The zero-order chi connectivity index (χ0) is 13.1. The van der Waals surface area contributed by atoms with E-state index in [2.05, 4.69) is 5.32 Å². The normalized spacial score (nSPS) is 10.1. The molecule has 0 saturated heterocycles. The largest absolute Gasteiger partial charge is 0.382 e. The number of hydrogen-bond acceptors (Lipinski definition) is 4. The molecule has 17 heavy (non-hydrogen) atoms. The maximum absolute atomic E-state index is 11.7. The van der Waals surface area contributed by atoms with Crippen molar-refractivity contribution in [2.75, 3.05) is 46.6 Å². The van der Waals surface area contributed by atoms with Gasteiger partial charge in [-0.2, -0.15) is 0 Å². The zero-order valence-electron chi connectivity index (χ0n) is 10.8. The maximum atomic E-state index is 11.7. The summed E-state index contributed by atoms with van der Waals surface area (Å²) in [5.74, 6) is -0.338. The van der Waals surface area contributed by atoms with E-state index in [1.165, 1.54) is 4.90 Å². The van der Waals surface area contributed by atoms with Gasteiger partial charge in [0.2, 0.25) is 11.8 Å². The van der Waals surface area contributed by atoms with Crippen molar-refractivity contribution in [1.29, 1.82) is 0 Å². The summed E-state index contributed by atoms with van der Waals surface area (Å²) < 4.78 is 9.91. The molecule has 0 atom stereocenters. The third kappa shape index (κ3) is 7.70. The molecule has 0 spiro atoms. The highest BCUT2D eigenvalue weighted by Crippen LogP contribution is 1.91. The van der Waals surface area contributed by atoms with Gasteiger partial charge in [-0.15, -0.1) is 0 Å². The zero-order valence-corrected chi connectivity index (χ0v) is 10.8. The Morgan fingerprint density at radius 1 is 1.24 bits per heavy atom. The van der Waals surface area contributed by atoms with Crippen LogP contribution in [0.15, 0.2) is 0 Å². The first-order valence-electron chi connectivity index (χ1n) is 5.76. The summed E-state index contributed by atoms with van der Waals surface area (Å²) in [6.07, 6.45) is 0. The predicted octanol–water partition coefficient (Wildman–Crippen LogP) is -0.366. The van der Waals surface area contributed by atoms with Gasteiger partial charge in [0.15, 0.2) is 0 Å². The Kier molecular flexibility index (Phi) is 9.37. The van der Waals surface area contributed by atoms with E-state index in [0.29, 0.717) is 26.3 Å². The number of carbonyl (C=O) groups excluding carboxylic acids is 2. The maximum Gasteiger partial charge on any atom is 0.249 e. The summed E-state index contributed by atoms with van der Waals surface area (Å²) in [5.41, 5.74) is 0. The molecule has 1 N–H and O–H groups in total. The van der Waals surface area contributed by atoms with Crippen molar-refractivity contribution in [3.8, 4) is 0 Å². The molecule has 0 aromatic carbocycles. The SMILES string of the molecule is CCNC(=O)CN(CC)C(=O)COCCOC. The third-order valence-corrected chi connectivity index (χ3v) is 2.10. The second kappa shape index (κ2) is 10.0. The number of carbonyl (C=O) groups is 2. The first-order chi connectivity index (χ1) is 8.15. The van der Waals surface area contributed by atoms with E-state index in [9.17, 15) is 9.59 Å². The van der Waals surface area contributed by atoms with Crippen LogP contribution in [-0.4, -0.2) is 63.3 Å². The number of ether oxygens (including phenoxy) is 2. The first-order valence-corrected chi connectivity index (χ1v) is 5.76. The van der Waals surface area contributed by atoms with E-state index in [-0.39, 0.29) is 25.0 Å². The molecule has 0 radical (unpaired) electrons. The van der Waals surface area contributed by atoms with Crippen molar-refractivity contribution >= 4 is 11.8 Å². The Morgan fingerprint density at radius 3 is 2.47 bits per heavy atom. The van der Waals surface area contributed by atoms with Crippen LogP contribution < -0.4 is 5.32 Å². The van der Waals surface area contributed by atoms with Crippen LogP contribution >= 0.6 is 0 Å². The van der Waals surface area contributed by atoms with Gasteiger partial charge in [0, 0.05) is 20.2 Å². The summed E-state index contributed by atoms with van der Waals surface area (Å²) in [6.45, 7) is 5.61. The quantitative estimate of drug-likeness (QED) is 0.564. The summed E-state index contributed by atoms with van der Waals surface area (Å²) in [5, 5.41) is 2.65. The van der Waals surface area contributed by atoms with E-state index in [1.54, 1.807) is 7.11 Å². The Bertz CT molecular complexity index is 234. The van der Waals surface area contributed by atoms with Crippen LogP contribution in [0.25, 0.3) is 0 Å². The van der Waals surface area contributed by atoms with Crippen LogP contribution in [0.5, 0.6) is 0 Å². The molecule has 6 nitrogen and oxygen atoms in total. The van der Waals surface area contributed by atoms with Gasteiger partial charge in [-0.25, -0.2) is 0 Å². The van der Waals surface area contributed by atoms with E-state index in [0.717, 1.165) is 0 Å². The highest BCUT2D eigenvalue weighted by molar-refractivity contribution is 5.85. The molecular formula is C11H22N2O4. The molecule has 0 aliphatic heterocycles. The molecule has 0 fully saturated rings. The molecule has 0 aliphatic rings. The number of rotatable bonds is 9. The van der Waals surface area contributed by atoms with Crippen molar-refractivity contribution in [2.45, 2.75) is 13.8 Å². The van der Waals surface area contributed by atoms with Crippen molar-refractivity contribution in [1.82, 2.24) is 10.2 Å². The average Bonchev–Trinajstić information content (AvgIpc) is 2.31. The Balaban J connectivity index is 3.90. The second-order valence-electron chi connectivity index (χ2n) is 3.41. The van der Waals surface area contributed by atoms with Gasteiger partial charge >= 0.3 is 0 Å². The summed E-state index contributed by atoms with van der Waals surface area (Å²) in [6, 6.07) is 0. The lowest BCUT2D eigenvalue weighted by Gasteiger charge is -2.20. The molecule has 0 aliphatic carbocycles. The number of hydrogen-bond donors (Lipinski definition) is 1. The van der Waals surface area contributed by atoms with Gasteiger partial charge < -0.3 is 19.7 Å². The molecular weight excluding hydrogens is 224 g/mol. The molecule has 0 rings (SSSR count). The van der Waals surface area contributed by atoms with Gasteiger partial charge in [-0.3, -0.25) is 9.59 Å². The van der Waals surface area contributed by atoms with Crippen LogP contribution in [0.2, 0.25) is 0 Å². The molecule has 100 valence electrons. The Labute approximate surface area is 102 Å².